The highest BCUT2D eigenvalue weighted by molar-refractivity contribution is 5.88. The summed E-state index contributed by atoms with van der Waals surface area (Å²) in [5.41, 5.74) is 1.44. The van der Waals surface area contributed by atoms with Crippen LogP contribution in [0.5, 0.6) is 0 Å². The highest BCUT2D eigenvalue weighted by Gasteiger charge is 2.04. The molecule has 0 aliphatic rings. The van der Waals surface area contributed by atoms with Crippen LogP contribution in [0.2, 0.25) is 0 Å². The van der Waals surface area contributed by atoms with Crippen LogP contribution in [0.25, 0.3) is 0 Å². The Morgan fingerprint density at radius 1 is 0.350 bits per heavy atom. The van der Waals surface area contributed by atoms with E-state index in [9.17, 15) is 19.2 Å². The second kappa shape index (κ2) is 25.9. The molecule has 0 bridgehead atoms. The maximum Gasteiger partial charge on any atom is 0.333 e. The van der Waals surface area contributed by atoms with Crippen LogP contribution in [0.4, 0.5) is 0 Å². The smallest absolute Gasteiger partial charge is 0.333 e. The Morgan fingerprint density at radius 3 is 0.650 bits per heavy atom. The van der Waals surface area contributed by atoms with Crippen molar-refractivity contribution in [2.45, 2.75) is 27.7 Å². The summed E-state index contributed by atoms with van der Waals surface area (Å²) in [5, 5.41) is 0. The van der Waals surface area contributed by atoms with Crippen LogP contribution in [-0.4, -0.2) is 103 Å². The first-order valence-corrected chi connectivity index (χ1v) is 12.5. The van der Waals surface area contributed by atoms with E-state index in [1.807, 2.05) is 0 Å². The maximum atomic E-state index is 11.0. The molecule has 0 aromatic rings. The average molecular weight is 573 g/mol. The Bertz CT molecular complexity index is 695. The van der Waals surface area contributed by atoms with Gasteiger partial charge in [-0.3, -0.25) is 0 Å². The third-order valence-electron chi connectivity index (χ3n) is 3.98. The third kappa shape index (κ3) is 26.3. The van der Waals surface area contributed by atoms with Crippen molar-refractivity contribution in [3.63, 3.8) is 0 Å². The van der Waals surface area contributed by atoms with Crippen LogP contribution in [0.3, 0.4) is 0 Å². The SMILES string of the molecule is C=C(C)C(=O)OCCOCCOCCOC(=O)C(=C)C.C=C(C)C(=O)OCCOCCOCCOC(=O)C(=C)C. The molecule has 228 valence electrons. The van der Waals surface area contributed by atoms with Crippen molar-refractivity contribution in [2.75, 3.05) is 79.3 Å². The lowest BCUT2D eigenvalue weighted by atomic mass is 10.4. The second-order valence-electron chi connectivity index (χ2n) is 8.11. The molecular weight excluding hydrogens is 528 g/mol. The Balaban J connectivity index is 0. The first kappa shape index (κ1) is 38.8. The Labute approximate surface area is 236 Å². The van der Waals surface area contributed by atoms with Gasteiger partial charge in [0.25, 0.3) is 0 Å². The van der Waals surface area contributed by atoms with Gasteiger partial charge in [-0.1, -0.05) is 26.3 Å². The van der Waals surface area contributed by atoms with Crippen molar-refractivity contribution in [1.82, 2.24) is 0 Å². The molecule has 0 aromatic heterocycles. The predicted molar refractivity (Wildman–Crippen MR) is 146 cm³/mol. The van der Waals surface area contributed by atoms with Crippen molar-refractivity contribution >= 4 is 23.9 Å². The minimum absolute atomic E-state index is 0.182. The molecule has 0 heterocycles. The molecule has 0 aliphatic heterocycles. The van der Waals surface area contributed by atoms with Gasteiger partial charge < -0.3 is 37.9 Å². The van der Waals surface area contributed by atoms with Crippen LogP contribution in [0.15, 0.2) is 48.6 Å². The Morgan fingerprint density at radius 2 is 0.500 bits per heavy atom. The van der Waals surface area contributed by atoms with Crippen molar-refractivity contribution in [3.8, 4) is 0 Å². The summed E-state index contributed by atoms with van der Waals surface area (Å²) in [4.78, 5) is 44.0. The summed E-state index contributed by atoms with van der Waals surface area (Å²) in [6, 6.07) is 0. The minimum Gasteiger partial charge on any atom is -0.460 e. The van der Waals surface area contributed by atoms with Gasteiger partial charge in [0.1, 0.15) is 26.4 Å². The lowest BCUT2D eigenvalue weighted by Crippen LogP contribution is -2.15. The van der Waals surface area contributed by atoms with Gasteiger partial charge in [-0.2, -0.15) is 0 Å². The zero-order chi connectivity index (χ0) is 30.8. The summed E-state index contributed by atoms with van der Waals surface area (Å²) >= 11 is 0. The standard InChI is InChI=1S/2C14H22O6/c2*1-11(2)13(15)19-9-7-17-5-6-18-8-10-20-14(16)12(3)4/h2*1,3,5-10H2,2,4H3. The molecule has 0 saturated carbocycles. The number of esters is 4. The molecule has 0 amide bonds. The second-order valence-corrected chi connectivity index (χ2v) is 8.11. The third-order valence-corrected chi connectivity index (χ3v) is 3.98. The zero-order valence-electron chi connectivity index (χ0n) is 24.2. The van der Waals surface area contributed by atoms with E-state index in [1.165, 1.54) is 0 Å². The maximum absolute atomic E-state index is 11.0. The summed E-state index contributed by atoms with van der Waals surface area (Å²) < 4.78 is 40.0. The van der Waals surface area contributed by atoms with Crippen molar-refractivity contribution < 1.29 is 57.1 Å². The molecule has 40 heavy (non-hydrogen) atoms. The predicted octanol–water partition coefficient (Wildman–Crippen LogP) is 2.52. The van der Waals surface area contributed by atoms with E-state index in [-0.39, 0.29) is 26.4 Å². The molecule has 12 heteroatoms. The van der Waals surface area contributed by atoms with E-state index in [0.29, 0.717) is 75.1 Å². The molecule has 0 spiro atoms. The fourth-order valence-electron chi connectivity index (χ4n) is 1.91. The summed E-state index contributed by atoms with van der Waals surface area (Å²) in [6.07, 6.45) is 0. The Hall–Kier alpha value is -3.32. The molecular formula is C28H44O12. The lowest BCUT2D eigenvalue weighted by molar-refractivity contribution is -0.142. The van der Waals surface area contributed by atoms with Crippen LogP contribution < -0.4 is 0 Å². The molecule has 0 aliphatic carbocycles. The van der Waals surface area contributed by atoms with Crippen molar-refractivity contribution in [2.24, 2.45) is 0 Å². The number of rotatable bonds is 22. The normalized spacial score (nSPS) is 9.90. The van der Waals surface area contributed by atoms with Crippen LogP contribution >= 0.6 is 0 Å². The largest absolute Gasteiger partial charge is 0.460 e. The molecule has 0 atom stereocenters. The summed E-state index contributed by atoms with van der Waals surface area (Å²) in [6.45, 7) is 23.6. The highest BCUT2D eigenvalue weighted by atomic mass is 16.6. The topological polar surface area (TPSA) is 142 Å². The van der Waals surface area contributed by atoms with E-state index in [2.05, 4.69) is 26.3 Å². The van der Waals surface area contributed by atoms with E-state index in [0.717, 1.165) is 0 Å². The molecule has 0 radical (unpaired) electrons. The van der Waals surface area contributed by atoms with Crippen LogP contribution in [0, 0.1) is 0 Å². The molecule has 0 aromatic carbocycles. The van der Waals surface area contributed by atoms with Crippen molar-refractivity contribution in [3.05, 3.63) is 48.6 Å². The van der Waals surface area contributed by atoms with Crippen LogP contribution in [0.1, 0.15) is 27.7 Å². The van der Waals surface area contributed by atoms with Gasteiger partial charge in [-0.15, -0.1) is 0 Å². The van der Waals surface area contributed by atoms with Gasteiger partial charge in [-0.05, 0) is 27.7 Å². The molecule has 0 N–H and O–H groups in total. The van der Waals surface area contributed by atoms with Crippen LogP contribution in [-0.2, 0) is 57.1 Å². The van der Waals surface area contributed by atoms with Gasteiger partial charge in [0.2, 0.25) is 0 Å². The number of hydrogen-bond acceptors (Lipinski definition) is 12. The fraction of sp³-hybridized carbons (Fsp3) is 0.571. The quantitative estimate of drug-likeness (QED) is 0.0814. The molecule has 0 rings (SSSR count). The van der Waals surface area contributed by atoms with Gasteiger partial charge in [0.15, 0.2) is 0 Å². The summed E-state index contributed by atoms with van der Waals surface area (Å²) in [5.74, 6) is -1.71. The lowest BCUT2D eigenvalue weighted by Gasteiger charge is -2.07. The first-order valence-electron chi connectivity index (χ1n) is 12.5. The number of hydrogen-bond donors (Lipinski definition) is 0. The van der Waals surface area contributed by atoms with Gasteiger partial charge in [-0.25, -0.2) is 19.2 Å². The number of carbonyl (C=O) groups is 4. The molecule has 0 fully saturated rings. The molecule has 0 saturated heterocycles. The van der Waals surface area contributed by atoms with E-state index >= 15 is 0 Å². The average Bonchev–Trinajstić information content (AvgIpc) is 2.90. The van der Waals surface area contributed by atoms with E-state index in [1.54, 1.807) is 27.7 Å². The fourth-order valence-corrected chi connectivity index (χ4v) is 1.91. The van der Waals surface area contributed by atoms with E-state index < -0.39 is 23.9 Å². The molecule has 12 nitrogen and oxygen atoms in total. The van der Waals surface area contributed by atoms with Crippen molar-refractivity contribution in [1.29, 1.82) is 0 Å². The number of ether oxygens (including phenoxy) is 8. The highest BCUT2D eigenvalue weighted by Crippen LogP contribution is 1.94. The van der Waals surface area contributed by atoms with E-state index in [4.69, 9.17) is 37.9 Å². The minimum atomic E-state index is -0.427. The molecule has 0 unspecified atom stereocenters. The Kier molecular flexibility index (Phi) is 25.2. The summed E-state index contributed by atoms with van der Waals surface area (Å²) in [7, 11) is 0. The van der Waals surface area contributed by atoms with Gasteiger partial charge >= 0.3 is 23.9 Å². The van der Waals surface area contributed by atoms with Gasteiger partial charge in [0.05, 0.1) is 52.9 Å². The monoisotopic (exact) mass is 572 g/mol. The van der Waals surface area contributed by atoms with Gasteiger partial charge in [0, 0.05) is 22.3 Å². The zero-order valence-corrected chi connectivity index (χ0v) is 24.2. The number of carbonyl (C=O) groups excluding carboxylic acids is 4. The first-order chi connectivity index (χ1) is 18.9.